The van der Waals surface area contributed by atoms with Crippen LogP contribution < -0.4 is 0 Å². The minimum absolute atomic E-state index is 0. The number of aliphatic hydroxyl groups is 6. The fraction of sp³-hybridized carbons (Fsp3) is 0.857. The second-order valence-corrected chi connectivity index (χ2v) is 3.00. The van der Waals surface area contributed by atoms with Gasteiger partial charge in [-0.25, -0.2) is 4.79 Å². The number of carbonyl (C=O) groups is 1. The number of ether oxygens (including phenoxy) is 1. The van der Waals surface area contributed by atoms with Crippen LogP contribution in [-0.2, 0) is 4.74 Å². The molecule has 0 rings (SSSR count). The summed E-state index contributed by atoms with van der Waals surface area (Å²) < 4.78 is 3.70. The van der Waals surface area contributed by atoms with Gasteiger partial charge in [0.15, 0.2) is 0 Å². The molecule has 0 aliphatic rings. The first kappa shape index (κ1) is 19.6. The molecule has 0 aliphatic heterocycles. The summed E-state index contributed by atoms with van der Waals surface area (Å²) in [5.41, 5.74) is 0. The third-order valence-corrected chi connectivity index (χ3v) is 1.79. The third kappa shape index (κ3) is 6.70. The van der Waals surface area contributed by atoms with Gasteiger partial charge in [-0.2, -0.15) is 0 Å². The van der Waals surface area contributed by atoms with E-state index < -0.39 is 43.5 Å². The normalized spacial score (nSPS) is 19.4. The summed E-state index contributed by atoms with van der Waals surface area (Å²) >= 11 is 0. The van der Waals surface area contributed by atoms with Crippen molar-refractivity contribution in [3.63, 3.8) is 0 Å². The maximum Gasteiger partial charge on any atom is 2.00 e. The molecule has 0 bridgehead atoms. The van der Waals surface area contributed by atoms with E-state index in [1.807, 2.05) is 0 Å². The minimum atomic E-state index is -2.28. The van der Waals surface area contributed by atoms with Crippen molar-refractivity contribution in [1.82, 2.24) is 0 Å². The monoisotopic (exact) mass is 284 g/mol. The average Bonchev–Trinajstić information content (AvgIpc) is 2.23. The first-order valence-corrected chi connectivity index (χ1v) is 4.22. The molecule has 0 aromatic carbocycles. The molecule has 5 atom stereocenters. The van der Waals surface area contributed by atoms with Crippen molar-refractivity contribution >= 4 is 43.9 Å². The van der Waals surface area contributed by atoms with Crippen LogP contribution >= 0.6 is 0 Å². The number of rotatable bonds is 6. The number of aliphatic hydroxyl groups excluding tert-OH is 6. The van der Waals surface area contributed by atoms with E-state index in [9.17, 15) is 4.79 Å². The van der Waals surface area contributed by atoms with Gasteiger partial charge in [0.05, 0.1) is 6.61 Å². The molecule has 0 aromatic rings. The van der Waals surface area contributed by atoms with Gasteiger partial charge < -0.3 is 43.3 Å². The molecule has 0 aliphatic carbocycles. The maximum absolute atomic E-state index is 9.97. The molecular formula is C7H16CaO9. The summed E-state index contributed by atoms with van der Waals surface area (Å²) in [5.74, 6) is 0. The Kier molecular flexibility index (Phi) is 10.7. The van der Waals surface area contributed by atoms with Crippen LogP contribution in [0.15, 0.2) is 0 Å². The van der Waals surface area contributed by atoms with Crippen LogP contribution in [0.2, 0.25) is 0 Å². The number of hydrogen-bond donors (Lipinski definition) is 7. The van der Waals surface area contributed by atoms with Crippen LogP contribution in [0.4, 0.5) is 4.79 Å². The molecule has 0 saturated heterocycles. The van der Waals surface area contributed by atoms with E-state index in [0.717, 1.165) is 0 Å². The SMILES string of the molecule is O=C(O)OC(O)[C@H](O)[C@@H](O)[C@H](O)[C@H](O)CO.[Ca+2].[H-].[H-]. The maximum atomic E-state index is 9.97. The van der Waals surface area contributed by atoms with E-state index in [2.05, 4.69) is 4.74 Å². The van der Waals surface area contributed by atoms with Gasteiger partial charge in [-0.15, -0.1) is 0 Å². The Hall–Kier alpha value is 0.290. The molecule has 9 nitrogen and oxygen atoms in total. The summed E-state index contributed by atoms with van der Waals surface area (Å²) in [5, 5.41) is 61.7. The predicted octanol–water partition coefficient (Wildman–Crippen LogP) is -3.72. The zero-order chi connectivity index (χ0) is 12.9. The summed E-state index contributed by atoms with van der Waals surface area (Å²) in [6.45, 7) is -0.888. The van der Waals surface area contributed by atoms with Gasteiger partial charge in [-0.05, 0) is 0 Å². The van der Waals surface area contributed by atoms with E-state index in [0.29, 0.717) is 0 Å². The van der Waals surface area contributed by atoms with Crippen molar-refractivity contribution in [2.75, 3.05) is 6.61 Å². The number of hydrogen-bond acceptors (Lipinski definition) is 8. The van der Waals surface area contributed by atoms with Crippen LogP contribution in [0.5, 0.6) is 0 Å². The van der Waals surface area contributed by atoms with Crippen molar-refractivity contribution in [3.8, 4) is 0 Å². The molecule has 100 valence electrons. The summed E-state index contributed by atoms with van der Waals surface area (Å²) in [4.78, 5) is 9.97. The third-order valence-electron chi connectivity index (χ3n) is 1.79. The van der Waals surface area contributed by atoms with E-state index in [-0.39, 0.29) is 40.6 Å². The first-order chi connectivity index (χ1) is 7.31. The molecule has 10 heteroatoms. The van der Waals surface area contributed by atoms with Gasteiger partial charge in [0.1, 0.15) is 24.4 Å². The topological polar surface area (TPSA) is 168 Å². The zero-order valence-corrected chi connectivity index (χ0v) is 11.0. The Morgan fingerprint density at radius 2 is 1.53 bits per heavy atom. The average molecular weight is 284 g/mol. The van der Waals surface area contributed by atoms with Crippen molar-refractivity contribution < 1.29 is 48.1 Å². The minimum Gasteiger partial charge on any atom is -1.00 e. The zero-order valence-electron chi connectivity index (χ0n) is 10.7. The van der Waals surface area contributed by atoms with Crippen molar-refractivity contribution in [1.29, 1.82) is 0 Å². The molecule has 0 fully saturated rings. The van der Waals surface area contributed by atoms with E-state index in [1.165, 1.54) is 0 Å². The Balaban J connectivity index is -0.000000375. The summed E-state index contributed by atoms with van der Waals surface area (Å²) in [6, 6.07) is 0. The second kappa shape index (κ2) is 9.25. The van der Waals surface area contributed by atoms with Crippen LogP contribution in [-0.4, -0.2) is 117 Å². The van der Waals surface area contributed by atoms with Gasteiger partial charge in [0.2, 0.25) is 6.29 Å². The molecule has 1 unspecified atom stereocenters. The number of carboxylic acid groups (broad SMARTS) is 1. The van der Waals surface area contributed by atoms with Crippen LogP contribution in [0.25, 0.3) is 0 Å². The predicted molar refractivity (Wildman–Crippen MR) is 54.2 cm³/mol. The molecule has 0 aromatic heterocycles. The van der Waals surface area contributed by atoms with E-state index in [4.69, 9.17) is 35.7 Å². The van der Waals surface area contributed by atoms with Crippen LogP contribution in [0, 0.1) is 0 Å². The van der Waals surface area contributed by atoms with Gasteiger partial charge in [-0.1, -0.05) is 0 Å². The Labute approximate surface area is 129 Å². The van der Waals surface area contributed by atoms with Gasteiger partial charge >= 0.3 is 43.9 Å². The fourth-order valence-electron chi connectivity index (χ4n) is 0.879. The Bertz CT molecular complexity index is 235. The van der Waals surface area contributed by atoms with Crippen LogP contribution in [0.1, 0.15) is 2.85 Å². The van der Waals surface area contributed by atoms with Crippen molar-refractivity contribution in [2.45, 2.75) is 30.7 Å². The van der Waals surface area contributed by atoms with Gasteiger partial charge in [-0.3, -0.25) is 0 Å². The van der Waals surface area contributed by atoms with Gasteiger partial charge in [0, 0.05) is 0 Å². The largest absolute Gasteiger partial charge is 2.00 e. The molecule has 0 saturated carbocycles. The Morgan fingerprint density at radius 1 is 1.06 bits per heavy atom. The first-order valence-electron chi connectivity index (χ1n) is 4.22. The standard InChI is InChI=1S/C7H14O9.Ca.2H/c8-1-2(9)3(10)4(11)5(12)6(13)16-7(14)15;;;/h2-6,8-13H,1H2,(H,14,15);;;/q;+2;2*-1/t2-,3-,4+,5-,6?;;;/m1.../s1. The van der Waals surface area contributed by atoms with Gasteiger partial charge in [0.25, 0.3) is 0 Å². The molecular weight excluding hydrogens is 268 g/mol. The van der Waals surface area contributed by atoms with Crippen molar-refractivity contribution in [2.24, 2.45) is 0 Å². The Morgan fingerprint density at radius 3 is 1.88 bits per heavy atom. The molecule has 0 amide bonds. The summed E-state index contributed by atoms with van der Waals surface area (Å²) in [6.07, 6.45) is -12.1. The summed E-state index contributed by atoms with van der Waals surface area (Å²) in [7, 11) is 0. The van der Waals surface area contributed by atoms with E-state index in [1.54, 1.807) is 0 Å². The van der Waals surface area contributed by atoms with Crippen molar-refractivity contribution in [3.05, 3.63) is 0 Å². The van der Waals surface area contributed by atoms with Crippen LogP contribution in [0.3, 0.4) is 0 Å². The molecule has 0 spiro atoms. The fourth-order valence-corrected chi connectivity index (χ4v) is 0.879. The molecule has 17 heavy (non-hydrogen) atoms. The second-order valence-electron chi connectivity index (χ2n) is 3.00. The molecule has 0 radical (unpaired) electrons. The quantitative estimate of drug-likeness (QED) is 0.147. The molecule has 7 N–H and O–H groups in total. The molecule has 0 heterocycles. The van der Waals surface area contributed by atoms with E-state index >= 15 is 0 Å². The smallest absolute Gasteiger partial charge is 1.00 e.